The van der Waals surface area contributed by atoms with Crippen molar-refractivity contribution in [2.45, 2.75) is 32.1 Å². The van der Waals surface area contributed by atoms with E-state index in [0.29, 0.717) is 18.5 Å². The molecular formula is C27H24N6O3. The lowest BCUT2D eigenvalue weighted by atomic mass is 9.98. The quantitative estimate of drug-likeness (QED) is 0.335. The summed E-state index contributed by atoms with van der Waals surface area (Å²) in [6.45, 7) is 0.376. The summed E-state index contributed by atoms with van der Waals surface area (Å²) in [6.07, 6.45) is 11.4. The molecule has 0 atom stereocenters. The zero-order valence-electron chi connectivity index (χ0n) is 19.5. The molecule has 0 radical (unpaired) electrons. The van der Waals surface area contributed by atoms with E-state index in [-0.39, 0.29) is 18.6 Å². The number of aromatic amines is 1. The lowest BCUT2D eigenvalue weighted by Crippen LogP contribution is -2.34. The summed E-state index contributed by atoms with van der Waals surface area (Å²) < 4.78 is 0. The predicted octanol–water partition coefficient (Wildman–Crippen LogP) is 4.08. The number of nitrogens with one attached hydrogen (secondary N) is 2. The van der Waals surface area contributed by atoms with Crippen LogP contribution in [-0.2, 0) is 28.9 Å². The van der Waals surface area contributed by atoms with Crippen molar-refractivity contribution in [2.24, 2.45) is 20.2 Å². The van der Waals surface area contributed by atoms with Crippen molar-refractivity contribution < 1.29 is 14.4 Å². The number of carbonyl (C=O) groups excluding carboxylic acids is 3. The summed E-state index contributed by atoms with van der Waals surface area (Å²) in [5, 5.41) is 9.65. The minimum atomic E-state index is -1.03. The highest BCUT2D eigenvalue weighted by Crippen LogP contribution is 2.23. The molecule has 0 unspecified atom stereocenters. The lowest BCUT2D eigenvalue weighted by molar-refractivity contribution is -0.117. The topological polar surface area (TPSA) is 128 Å². The number of nitrogens with zero attached hydrogens (tertiary/aromatic N) is 4. The third-order valence-corrected chi connectivity index (χ3v) is 5.55. The van der Waals surface area contributed by atoms with Gasteiger partial charge in [-0.25, -0.2) is 9.79 Å². The number of aromatic nitrogens is 1. The van der Waals surface area contributed by atoms with Crippen molar-refractivity contribution in [1.29, 1.82) is 0 Å². The number of H-pyrrole nitrogens is 1. The Morgan fingerprint density at radius 1 is 1.11 bits per heavy atom. The van der Waals surface area contributed by atoms with Gasteiger partial charge < -0.3 is 10.3 Å². The van der Waals surface area contributed by atoms with Crippen LogP contribution in [-0.4, -0.2) is 41.0 Å². The van der Waals surface area contributed by atoms with Crippen molar-refractivity contribution in [3.8, 4) is 0 Å². The van der Waals surface area contributed by atoms with E-state index in [1.165, 1.54) is 6.20 Å². The van der Waals surface area contributed by atoms with Crippen molar-refractivity contribution in [3.63, 3.8) is 0 Å². The number of rotatable bonds is 8. The molecule has 4 rings (SSSR count). The van der Waals surface area contributed by atoms with Gasteiger partial charge in [-0.15, -0.1) is 5.11 Å². The maximum absolute atomic E-state index is 13.0. The molecule has 1 aliphatic carbocycles. The first-order valence-electron chi connectivity index (χ1n) is 11.5. The first-order chi connectivity index (χ1) is 17.6. The third kappa shape index (κ3) is 6.90. The van der Waals surface area contributed by atoms with Crippen LogP contribution < -0.4 is 5.32 Å². The molecule has 1 aliphatic heterocycles. The highest BCUT2D eigenvalue weighted by Gasteiger charge is 2.19. The molecule has 9 nitrogen and oxygen atoms in total. The summed E-state index contributed by atoms with van der Waals surface area (Å²) >= 11 is 0. The van der Waals surface area contributed by atoms with Crippen LogP contribution in [0, 0.1) is 0 Å². The largest absolute Gasteiger partial charge is 0.386 e. The summed E-state index contributed by atoms with van der Waals surface area (Å²) in [4.78, 5) is 48.3. The molecule has 0 saturated heterocycles. The second-order valence-corrected chi connectivity index (χ2v) is 8.16. The summed E-state index contributed by atoms with van der Waals surface area (Å²) in [5.41, 5.74) is 7.21. The van der Waals surface area contributed by atoms with E-state index in [2.05, 4.69) is 48.2 Å². The van der Waals surface area contributed by atoms with Crippen molar-refractivity contribution in [2.75, 3.05) is 6.54 Å². The number of aryl methyl sites for hydroxylation is 1. The minimum Gasteiger partial charge on any atom is -0.364 e. The number of allylic oxidation sites excluding steroid dienone is 2. The summed E-state index contributed by atoms with van der Waals surface area (Å²) in [5.74, 6) is 1.38. The Labute approximate surface area is 207 Å². The Kier molecular flexibility index (Phi) is 8.22. The monoisotopic (exact) mass is 480 g/mol. The van der Waals surface area contributed by atoms with Crippen LogP contribution in [0.5, 0.6) is 0 Å². The maximum Gasteiger partial charge on any atom is 0.386 e. The van der Waals surface area contributed by atoms with E-state index in [9.17, 15) is 14.4 Å². The molecule has 0 saturated carbocycles. The van der Waals surface area contributed by atoms with Crippen LogP contribution >= 0.6 is 0 Å². The van der Waals surface area contributed by atoms with E-state index in [0.717, 1.165) is 35.2 Å². The van der Waals surface area contributed by atoms with Crippen LogP contribution in [0.25, 0.3) is 6.08 Å². The Morgan fingerprint density at radius 3 is 2.78 bits per heavy atom. The number of urea groups is 1. The van der Waals surface area contributed by atoms with E-state index < -0.39 is 17.8 Å². The van der Waals surface area contributed by atoms with E-state index in [4.69, 9.17) is 0 Å². The number of aliphatic imine (C=N–C) groups is 2. The second-order valence-electron chi connectivity index (χ2n) is 8.16. The van der Waals surface area contributed by atoms with Crippen LogP contribution in [0.4, 0.5) is 4.79 Å². The Morgan fingerprint density at radius 2 is 1.97 bits per heavy atom. The number of azo groups is 1. The molecule has 9 heteroatoms. The lowest BCUT2D eigenvalue weighted by Gasteiger charge is -2.10. The van der Waals surface area contributed by atoms with Gasteiger partial charge in [0.15, 0.2) is 0 Å². The SMILES string of the molecule is O=C(CC1=CN=C=C=C1)N=NC(=O)/N=C(\Cc1c[nH]c2c1C=CCC2)C(=O)NCCc1ccccc1. The number of hydrogen-bond acceptors (Lipinski definition) is 4. The average molecular weight is 481 g/mol. The molecule has 2 N–H and O–H groups in total. The van der Waals surface area contributed by atoms with Crippen molar-refractivity contribution in [3.05, 3.63) is 88.6 Å². The first-order valence-corrected chi connectivity index (χ1v) is 11.5. The van der Waals surface area contributed by atoms with Gasteiger partial charge in [-0.3, -0.25) is 9.59 Å². The smallest absolute Gasteiger partial charge is 0.364 e. The van der Waals surface area contributed by atoms with Crippen LogP contribution in [0.2, 0.25) is 0 Å². The van der Waals surface area contributed by atoms with Gasteiger partial charge in [0.25, 0.3) is 11.8 Å². The van der Waals surface area contributed by atoms with Gasteiger partial charge in [0.1, 0.15) is 5.71 Å². The van der Waals surface area contributed by atoms with Crippen LogP contribution in [0.1, 0.15) is 35.2 Å². The summed E-state index contributed by atoms with van der Waals surface area (Å²) in [7, 11) is 0. The minimum absolute atomic E-state index is 0.00219. The van der Waals surface area contributed by atoms with E-state index in [1.54, 1.807) is 6.08 Å². The van der Waals surface area contributed by atoms with Gasteiger partial charge in [-0.2, -0.15) is 4.99 Å². The molecule has 4 amide bonds. The predicted molar refractivity (Wildman–Crippen MR) is 136 cm³/mol. The van der Waals surface area contributed by atoms with E-state index in [1.807, 2.05) is 42.6 Å². The highest BCUT2D eigenvalue weighted by atomic mass is 16.2. The first kappa shape index (κ1) is 24.4. The number of hydrogen-bond donors (Lipinski definition) is 2. The Balaban J connectivity index is 1.45. The van der Waals surface area contributed by atoms with Crippen molar-refractivity contribution >= 4 is 35.5 Å². The Hall–Kier alpha value is -4.71. The zero-order valence-corrected chi connectivity index (χ0v) is 19.5. The zero-order chi connectivity index (χ0) is 25.2. The molecule has 0 bridgehead atoms. The number of amides is 4. The fourth-order valence-corrected chi connectivity index (χ4v) is 3.79. The van der Waals surface area contributed by atoms with Gasteiger partial charge in [-0.05, 0) is 53.3 Å². The fraction of sp³-hybridized carbons (Fsp3) is 0.222. The van der Waals surface area contributed by atoms with Crippen LogP contribution in [0.3, 0.4) is 0 Å². The molecule has 1 aromatic heterocycles. The van der Waals surface area contributed by atoms with Gasteiger partial charge in [0.2, 0.25) is 0 Å². The number of carbonyl (C=O) groups is 3. The molecule has 36 heavy (non-hydrogen) atoms. The second kappa shape index (κ2) is 12.1. The fourth-order valence-electron chi connectivity index (χ4n) is 3.79. The van der Waals surface area contributed by atoms with Crippen LogP contribution in [0.15, 0.2) is 86.4 Å². The molecule has 2 heterocycles. The van der Waals surface area contributed by atoms with Gasteiger partial charge in [-0.1, -0.05) is 47.6 Å². The third-order valence-electron chi connectivity index (χ3n) is 5.55. The van der Waals surface area contributed by atoms with Crippen molar-refractivity contribution in [1.82, 2.24) is 10.3 Å². The molecular weight excluding hydrogens is 456 g/mol. The van der Waals surface area contributed by atoms with Gasteiger partial charge in [0.05, 0.1) is 6.42 Å². The molecule has 0 fully saturated rings. The normalized spacial score (nSPS) is 14.1. The molecule has 180 valence electrons. The number of fused-ring (bicyclic) bond motifs is 1. The average Bonchev–Trinajstić information content (AvgIpc) is 3.31. The maximum atomic E-state index is 13.0. The summed E-state index contributed by atoms with van der Waals surface area (Å²) in [6, 6.07) is 8.72. The van der Waals surface area contributed by atoms with Gasteiger partial charge in [0, 0.05) is 36.9 Å². The molecule has 2 aliphatic rings. The Bertz CT molecular complexity index is 1380. The standard InChI is InChI=1S/C27H24N6O3/c34-25(15-20-9-6-13-28-17-20)32-33-27(36)31-24(16-21-18-30-23-11-5-4-10-22(21)23)26(35)29-14-12-19-7-2-1-3-8-19/h1-4,7-10,17-18,30H,5,11-12,14-16H2,(H,29,35)/b31-24+,33-32?. The molecule has 0 spiro atoms. The highest BCUT2D eigenvalue weighted by molar-refractivity contribution is 6.40. The number of benzene rings is 1. The molecule has 2 aromatic rings. The molecule has 1 aromatic carbocycles. The van der Waals surface area contributed by atoms with Gasteiger partial charge >= 0.3 is 6.03 Å². The van der Waals surface area contributed by atoms with E-state index >= 15 is 0 Å².